The molecule has 0 atom stereocenters. The van der Waals surface area contributed by atoms with E-state index in [1.54, 1.807) is 12.1 Å². The van der Waals surface area contributed by atoms with Gasteiger partial charge in [0.1, 0.15) is 6.61 Å². The first kappa shape index (κ1) is 14.1. The van der Waals surface area contributed by atoms with E-state index in [4.69, 9.17) is 27.8 Å². The molecule has 4 nitrogen and oxygen atoms in total. The maximum atomic E-state index is 13.6. The van der Waals surface area contributed by atoms with Crippen LogP contribution < -0.4 is 16.2 Å². The van der Waals surface area contributed by atoms with E-state index in [0.29, 0.717) is 16.8 Å². The topological polar surface area (TPSA) is 78.3 Å². The minimum absolute atomic E-state index is 0.0143. The lowest BCUT2D eigenvalue weighted by Gasteiger charge is -2.10. The summed E-state index contributed by atoms with van der Waals surface area (Å²) in [6.07, 6.45) is 0. The van der Waals surface area contributed by atoms with E-state index in [9.17, 15) is 9.18 Å². The molecule has 2 aromatic rings. The Labute approximate surface area is 120 Å². The zero-order valence-electron chi connectivity index (χ0n) is 10.4. The van der Waals surface area contributed by atoms with Gasteiger partial charge in [-0.1, -0.05) is 23.7 Å². The molecule has 0 radical (unpaired) electrons. The molecule has 0 aliphatic rings. The first-order valence-electron chi connectivity index (χ1n) is 5.74. The van der Waals surface area contributed by atoms with Crippen LogP contribution in [0.4, 0.5) is 10.1 Å². The lowest BCUT2D eigenvalue weighted by atomic mass is 10.1. The van der Waals surface area contributed by atoms with Crippen molar-refractivity contribution in [2.75, 3.05) is 5.73 Å². The van der Waals surface area contributed by atoms with Gasteiger partial charge in [0.05, 0.1) is 5.02 Å². The summed E-state index contributed by atoms with van der Waals surface area (Å²) in [5, 5.41) is -0.0143. The van der Waals surface area contributed by atoms with Crippen molar-refractivity contribution in [2.24, 2.45) is 5.73 Å². The molecule has 1 amide bonds. The summed E-state index contributed by atoms with van der Waals surface area (Å²) in [4.78, 5) is 11.0. The van der Waals surface area contributed by atoms with Crippen LogP contribution >= 0.6 is 11.6 Å². The van der Waals surface area contributed by atoms with Crippen molar-refractivity contribution in [1.82, 2.24) is 0 Å². The number of nitrogen functional groups attached to an aromatic ring is 1. The molecule has 0 unspecified atom stereocenters. The van der Waals surface area contributed by atoms with Crippen LogP contribution in [0.2, 0.25) is 5.02 Å². The van der Waals surface area contributed by atoms with Crippen LogP contribution in [-0.4, -0.2) is 5.91 Å². The maximum absolute atomic E-state index is 13.6. The molecule has 2 aromatic carbocycles. The third kappa shape index (κ3) is 3.00. The maximum Gasteiger partial charge on any atom is 0.248 e. The van der Waals surface area contributed by atoms with Gasteiger partial charge in [-0.05, 0) is 24.3 Å². The molecule has 104 valence electrons. The van der Waals surface area contributed by atoms with E-state index in [2.05, 4.69) is 0 Å². The molecule has 6 heteroatoms. The molecule has 0 aromatic heterocycles. The van der Waals surface area contributed by atoms with Gasteiger partial charge in [0.15, 0.2) is 11.6 Å². The second-order valence-corrected chi connectivity index (χ2v) is 4.53. The third-order valence-corrected chi connectivity index (χ3v) is 3.02. The predicted octanol–water partition coefficient (Wildman–Crippen LogP) is 2.74. The number of rotatable bonds is 4. The zero-order valence-corrected chi connectivity index (χ0v) is 11.2. The van der Waals surface area contributed by atoms with Crippen molar-refractivity contribution < 1.29 is 13.9 Å². The van der Waals surface area contributed by atoms with Gasteiger partial charge in [0, 0.05) is 16.8 Å². The fourth-order valence-electron chi connectivity index (χ4n) is 1.63. The Balaban J connectivity index is 2.15. The van der Waals surface area contributed by atoms with E-state index >= 15 is 0 Å². The average molecular weight is 295 g/mol. The molecule has 2 rings (SSSR count). The average Bonchev–Trinajstić information content (AvgIpc) is 2.41. The number of carbonyl (C=O) groups excluding carboxylic acids is 1. The lowest BCUT2D eigenvalue weighted by molar-refractivity contribution is 0.100. The standard InChI is InChI=1S/C14H12ClFN2O2/c15-10-2-1-3-12(13(10)16)20-7-9-5-4-8(14(18)19)6-11(9)17/h1-6H,7,17H2,(H2,18,19). The molecule has 0 bridgehead atoms. The molecule has 4 N–H and O–H groups in total. The number of hydrogen-bond donors (Lipinski definition) is 2. The number of benzene rings is 2. The number of amides is 1. The van der Waals surface area contributed by atoms with Gasteiger partial charge in [-0.15, -0.1) is 0 Å². The molecule has 0 saturated carbocycles. The number of carbonyl (C=O) groups is 1. The van der Waals surface area contributed by atoms with Crippen molar-refractivity contribution >= 4 is 23.2 Å². The fraction of sp³-hybridized carbons (Fsp3) is 0.0714. The van der Waals surface area contributed by atoms with Crippen molar-refractivity contribution in [2.45, 2.75) is 6.61 Å². The zero-order chi connectivity index (χ0) is 14.7. The summed E-state index contributed by atoms with van der Waals surface area (Å²) < 4.78 is 19.0. The van der Waals surface area contributed by atoms with Gasteiger partial charge in [-0.25, -0.2) is 4.39 Å². The number of anilines is 1. The Morgan fingerprint density at radius 1 is 1.30 bits per heavy atom. The number of halogens is 2. The van der Waals surface area contributed by atoms with Crippen LogP contribution in [0.15, 0.2) is 36.4 Å². The van der Waals surface area contributed by atoms with Gasteiger partial charge < -0.3 is 16.2 Å². The van der Waals surface area contributed by atoms with Crippen LogP contribution in [0, 0.1) is 5.82 Å². The molecular weight excluding hydrogens is 283 g/mol. The second kappa shape index (κ2) is 5.79. The van der Waals surface area contributed by atoms with Crippen molar-refractivity contribution in [3.05, 3.63) is 58.4 Å². The van der Waals surface area contributed by atoms with E-state index in [1.807, 2.05) is 0 Å². The summed E-state index contributed by atoms with van der Waals surface area (Å²) in [7, 11) is 0. The minimum Gasteiger partial charge on any atom is -0.486 e. The van der Waals surface area contributed by atoms with Crippen LogP contribution in [0.5, 0.6) is 5.75 Å². The number of primary amides is 1. The quantitative estimate of drug-likeness (QED) is 0.851. The summed E-state index contributed by atoms with van der Waals surface area (Å²) in [6, 6.07) is 9.08. The van der Waals surface area contributed by atoms with Gasteiger partial charge >= 0.3 is 0 Å². The highest BCUT2D eigenvalue weighted by Crippen LogP contribution is 2.25. The smallest absolute Gasteiger partial charge is 0.248 e. The molecule has 0 saturated heterocycles. The Morgan fingerprint density at radius 3 is 2.70 bits per heavy atom. The van der Waals surface area contributed by atoms with Gasteiger partial charge in [0.25, 0.3) is 0 Å². The molecule has 0 spiro atoms. The Bertz CT molecular complexity index is 662. The third-order valence-electron chi connectivity index (χ3n) is 2.73. The van der Waals surface area contributed by atoms with Gasteiger partial charge in [-0.3, -0.25) is 4.79 Å². The highest BCUT2D eigenvalue weighted by molar-refractivity contribution is 6.30. The SMILES string of the molecule is NC(=O)c1ccc(COc2cccc(Cl)c2F)c(N)c1. The van der Waals surface area contributed by atoms with Crippen LogP contribution in [0.1, 0.15) is 15.9 Å². The van der Waals surface area contributed by atoms with E-state index in [-0.39, 0.29) is 17.4 Å². The Hall–Kier alpha value is -2.27. The Kier molecular flexibility index (Phi) is 4.10. The van der Waals surface area contributed by atoms with Crippen molar-refractivity contribution in [3.63, 3.8) is 0 Å². The lowest BCUT2D eigenvalue weighted by Crippen LogP contribution is -2.12. The summed E-state index contributed by atoms with van der Waals surface area (Å²) in [6.45, 7) is 0.0577. The molecule has 0 aliphatic carbocycles. The largest absolute Gasteiger partial charge is 0.486 e. The van der Waals surface area contributed by atoms with Crippen LogP contribution in [0.25, 0.3) is 0 Å². The minimum atomic E-state index is -0.624. The first-order valence-corrected chi connectivity index (χ1v) is 6.12. The molecule has 0 fully saturated rings. The van der Waals surface area contributed by atoms with Crippen molar-refractivity contribution in [1.29, 1.82) is 0 Å². The van der Waals surface area contributed by atoms with E-state index < -0.39 is 11.7 Å². The van der Waals surface area contributed by atoms with E-state index in [0.717, 1.165) is 0 Å². The fourth-order valence-corrected chi connectivity index (χ4v) is 1.80. The highest BCUT2D eigenvalue weighted by Gasteiger charge is 2.09. The van der Waals surface area contributed by atoms with Gasteiger partial charge in [-0.2, -0.15) is 0 Å². The molecule has 20 heavy (non-hydrogen) atoms. The first-order chi connectivity index (χ1) is 9.49. The number of nitrogens with two attached hydrogens (primary N) is 2. The van der Waals surface area contributed by atoms with E-state index in [1.165, 1.54) is 24.3 Å². The normalized spacial score (nSPS) is 10.3. The van der Waals surface area contributed by atoms with Crippen LogP contribution in [0.3, 0.4) is 0 Å². The molecule has 0 aliphatic heterocycles. The number of ether oxygens (including phenoxy) is 1. The summed E-state index contributed by atoms with van der Waals surface area (Å²) >= 11 is 5.65. The molecule has 0 heterocycles. The number of hydrogen-bond acceptors (Lipinski definition) is 3. The highest BCUT2D eigenvalue weighted by atomic mass is 35.5. The monoisotopic (exact) mass is 294 g/mol. The summed E-state index contributed by atoms with van der Waals surface area (Å²) in [5.41, 5.74) is 12.2. The second-order valence-electron chi connectivity index (χ2n) is 4.12. The van der Waals surface area contributed by atoms with Gasteiger partial charge in [0.2, 0.25) is 5.91 Å². The van der Waals surface area contributed by atoms with Crippen LogP contribution in [-0.2, 0) is 6.61 Å². The predicted molar refractivity (Wildman–Crippen MR) is 75.1 cm³/mol. The Morgan fingerprint density at radius 2 is 2.05 bits per heavy atom. The molecular formula is C14H12ClFN2O2. The summed E-state index contributed by atoms with van der Waals surface area (Å²) in [5.74, 6) is -1.15. The van der Waals surface area contributed by atoms with Crippen molar-refractivity contribution in [3.8, 4) is 5.75 Å².